The van der Waals surface area contributed by atoms with Crippen LogP contribution in [0.2, 0.25) is 0 Å². The van der Waals surface area contributed by atoms with Crippen LogP contribution in [0.4, 0.5) is 0 Å². The van der Waals surface area contributed by atoms with Crippen molar-refractivity contribution in [3.8, 4) is 0 Å². The van der Waals surface area contributed by atoms with Gasteiger partial charge in [0.1, 0.15) is 0 Å². The average Bonchev–Trinajstić information content (AvgIpc) is 2.85. The highest BCUT2D eigenvalue weighted by atomic mass is 15.3. The first kappa shape index (κ1) is 15.0. The lowest BCUT2D eigenvalue weighted by atomic mass is 9.79. The summed E-state index contributed by atoms with van der Waals surface area (Å²) in [5.74, 6) is 0. The molecule has 0 aromatic carbocycles. The zero-order chi connectivity index (χ0) is 14.9. The van der Waals surface area contributed by atoms with E-state index in [1.807, 2.05) is 0 Å². The molecule has 1 aromatic rings. The summed E-state index contributed by atoms with van der Waals surface area (Å²) in [6.45, 7) is 7.88. The van der Waals surface area contributed by atoms with Crippen molar-refractivity contribution in [1.82, 2.24) is 20.0 Å². The molecular weight excluding hydrogens is 260 g/mol. The zero-order valence-corrected chi connectivity index (χ0v) is 13.9. The number of aryl methyl sites for hydroxylation is 2. The monoisotopic (exact) mass is 290 g/mol. The van der Waals surface area contributed by atoms with Crippen molar-refractivity contribution >= 4 is 0 Å². The standard InChI is InChI=1S/C17H30N4/c1-4-15-10-16(20(3)19-15)12-21-13-17(18-11-14(21)2)8-6-5-7-9-17/h10,14,18H,4-9,11-13H2,1-3H3. The molecule has 1 spiro atoms. The first-order valence-corrected chi connectivity index (χ1v) is 8.63. The van der Waals surface area contributed by atoms with E-state index >= 15 is 0 Å². The zero-order valence-electron chi connectivity index (χ0n) is 13.9. The van der Waals surface area contributed by atoms with Gasteiger partial charge in [-0.25, -0.2) is 0 Å². The van der Waals surface area contributed by atoms with Crippen molar-refractivity contribution in [2.75, 3.05) is 13.1 Å². The van der Waals surface area contributed by atoms with E-state index in [4.69, 9.17) is 0 Å². The van der Waals surface area contributed by atoms with E-state index in [1.165, 1.54) is 50.0 Å². The molecule has 0 bridgehead atoms. The highest BCUT2D eigenvalue weighted by Crippen LogP contribution is 2.32. The third-order valence-corrected chi connectivity index (χ3v) is 5.47. The summed E-state index contributed by atoms with van der Waals surface area (Å²) in [4.78, 5) is 2.66. The van der Waals surface area contributed by atoms with Gasteiger partial charge in [-0.2, -0.15) is 5.10 Å². The first-order valence-electron chi connectivity index (χ1n) is 8.63. The van der Waals surface area contributed by atoms with Crippen LogP contribution >= 0.6 is 0 Å². The summed E-state index contributed by atoms with van der Waals surface area (Å²) < 4.78 is 2.07. The maximum absolute atomic E-state index is 4.60. The topological polar surface area (TPSA) is 33.1 Å². The Morgan fingerprint density at radius 2 is 2.10 bits per heavy atom. The molecule has 4 nitrogen and oxygen atoms in total. The van der Waals surface area contributed by atoms with Gasteiger partial charge >= 0.3 is 0 Å². The van der Waals surface area contributed by atoms with Crippen LogP contribution in [0.3, 0.4) is 0 Å². The van der Waals surface area contributed by atoms with E-state index in [9.17, 15) is 0 Å². The quantitative estimate of drug-likeness (QED) is 0.928. The summed E-state index contributed by atoms with van der Waals surface area (Å²) in [6, 6.07) is 2.89. The second kappa shape index (κ2) is 6.09. The van der Waals surface area contributed by atoms with Crippen molar-refractivity contribution in [3.63, 3.8) is 0 Å². The van der Waals surface area contributed by atoms with Crippen LogP contribution in [0, 0.1) is 0 Å². The van der Waals surface area contributed by atoms with E-state index in [0.29, 0.717) is 11.6 Å². The van der Waals surface area contributed by atoms with Crippen LogP contribution in [-0.2, 0) is 20.0 Å². The molecule has 0 amide bonds. The first-order chi connectivity index (χ1) is 10.1. The number of hydrogen-bond donors (Lipinski definition) is 1. The molecule has 1 aliphatic carbocycles. The van der Waals surface area contributed by atoms with Crippen molar-refractivity contribution in [3.05, 3.63) is 17.5 Å². The Morgan fingerprint density at radius 3 is 2.76 bits per heavy atom. The molecule has 1 saturated carbocycles. The fourth-order valence-corrected chi connectivity index (χ4v) is 3.97. The van der Waals surface area contributed by atoms with E-state index < -0.39 is 0 Å². The van der Waals surface area contributed by atoms with E-state index in [1.54, 1.807) is 0 Å². The molecule has 1 unspecified atom stereocenters. The number of nitrogens with one attached hydrogen (secondary N) is 1. The number of aromatic nitrogens is 2. The molecule has 4 heteroatoms. The van der Waals surface area contributed by atoms with Gasteiger partial charge in [0.15, 0.2) is 0 Å². The van der Waals surface area contributed by atoms with Gasteiger partial charge in [0.25, 0.3) is 0 Å². The molecule has 0 radical (unpaired) electrons. The Bertz CT molecular complexity index is 473. The van der Waals surface area contributed by atoms with Crippen molar-refractivity contribution in [1.29, 1.82) is 0 Å². The number of piperazine rings is 1. The van der Waals surface area contributed by atoms with E-state index in [-0.39, 0.29) is 0 Å². The summed E-state index contributed by atoms with van der Waals surface area (Å²) in [7, 11) is 2.08. The Labute approximate surface area is 128 Å². The van der Waals surface area contributed by atoms with Gasteiger partial charge in [-0.3, -0.25) is 9.58 Å². The fourth-order valence-electron chi connectivity index (χ4n) is 3.97. The van der Waals surface area contributed by atoms with Crippen LogP contribution in [-0.4, -0.2) is 39.4 Å². The molecule has 2 aliphatic rings. The van der Waals surface area contributed by atoms with Crippen LogP contribution in [0.1, 0.15) is 57.3 Å². The highest BCUT2D eigenvalue weighted by Gasteiger charge is 2.38. The van der Waals surface area contributed by atoms with Crippen molar-refractivity contribution < 1.29 is 0 Å². The molecule has 1 atom stereocenters. The minimum Gasteiger partial charge on any atom is -0.308 e. The number of rotatable bonds is 3. The third kappa shape index (κ3) is 3.16. The third-order valence-electron chi connectivity index (χ3n) is 5.47. The molecule has 21 heavy (non-hydrogen) atoms. The fraction of sp³-hybridized carbons (Fsp3) is 0.824. The van der Waals surface area contributed by atoms with Crippen LogP contribution < -0.4 is 5.32 Å². The predicted molar refractivity (Wildman–Crippen MR) is 86.3 cm³/mol. The maximum atomic E-state index is 4.60. The van der Waals surface area contributed by atoms with Crippen molar-refractivity contribution in [2.45, 2.75) is 70.5 Å². The van der Waals surface area contributed by atoms with Gasteiger partial charge in [0.05, 0.1) is 11.4 Å². The minimum absolute atomic E-state index is 0.386. The van der Waals surface area contributed by atoms with Crippen molar-refractivity contribution in [2.24, 2.45) is 7.05 Å². The van der Waals surface area contributed by atoms with Crippen LogP contribution in [0.15, 0.2) is 6.07 Å². The molecule has 118 valence electrons. The Morgan fingerprint density at radius 1 is 1.33 bits per heavy atom. The summed E-state index contributed by atoms with van der Waals surface area (Å²) in [5, 5.41) is 8.46. The molecule has 2 heterocycles. The average molecular weight is 290 g/mol. The SMILES string of the molecule is CCc1cc(CN2CC3(CCCCC3)NCC2C)n(C)n1. The largest absolute Gasteiger partial charge is 0.308 e. The second-order valence-electron chi connectivity index (χ2n) is 7.08. The van der Waals surface area contributed by atoms with Gasteiger partial charge in [0.2, 0.25) is 0 Å². The van der Waals surface area contributed by atoms with Gasteiger partial charge in [-0.1, -0.05) is 26.2 Å². The van der Waals surface area contributed by atoms with Gasteiger partial charge < -0.3 is 5.32 Å². The molecule has 1 aromatic heterocycles. The molecular formula is C17H30N4. The Balaban J connectivity index is 1.71. The summed E-state index contributed by atoms with van der Waals surface area (Å²) in [6.07, 6.45) is 7.92. The number of nitrogens with zero attached hydrogens (tertiary/aromatic N) is 3. The van der Waals surface area contributed by atoms with Crippen LogP contribution in [0.5, 0.6) is 0 Å². The molecule has 1 saturated heterocycles. The minimum atomic E-state index is 0.386. The lowest BCUT2D eigenvalue weighted by Gasteiger charge is -2.49. The highest BCUT2D eigenvalue weighted by molar-refractivity contribution is 5.11. The molecule has 3 rings (SSSR count). The lowest BCUT2D eigenvalue weighted by molar-refractivity contribution is 0.0556. The lowest BCUT2D eigenvalue weighted by Crippen LogP contribution is -2.63. The van der Waals surface area contributed by atoms with E-state index in [0.717, 1.165) is 19.5 Å². The van der Waals surface area contributed by atoms with Gasteiger partial charge in [-0.15, -0.1) is 0 Å². The normalized spacial score (nSPS) is 26.3. The van der Waals surface area contributed by atoms with Crippen LogP contribution in [0.25, 0.3) is 0 Å². The van der Waals surface area contributed by atoms with Gasteiger partial charge in [-0.05, 0) is 32.3 Å². The predicted octanol–water partition coefficient (Wildman–Crippen LogP) is 2.48. The van der Waals surface area contributed by atoms with Gasteiger partial charge in [0, 0.05) is 38.3 Å². The molecule has 1 N–H and O–H groups in total. The summed E-state index contributed by atoms with van der Waals surface area (Å²) in [5.41, 5.74) is 2.95. The Kier molecular flexibility index (Phi) is 4.36. The molecule has 2 fully saturated rings. The smallest absolute Gasteiger partial charge is 0.0625 e. The Hall–Kier alpha value is -0.870. The van der Waals surface area contributed by atoms with E-state index in [2.05, 4.69) is 47.0 Å². The number of hydrogen-bond acceptors (Lipinski definition) is 3. The molecule has 1 aliphatic heterocycles. The summed E-state index contributed by atoms with van der Waals surface area (Å²) >= 11 is 0. The second-order valence-corrected chi connectivity index (χ2v) is 7.08. The maximum Gasteiger partial charge on any atom is 0.0625 e.